The highest BCUT2D eigenvalue weighted by Gasteiger charge is 2.47. The molecule has 6 nitrogen and oxygen atoms in total. The quantitative estimate of drug-likeness (QED) is 0.724. The highest BCUT2D eigenvalue weighted by atomic mass is 35.5. The van der Waals surface area contributed by atoms with Gasteiger partial charge < -0.3 is 10.4 Å². The van der Waals surface area contributed by atoms with Crippen LogP contribution in [0.1, 0.15) is 18.4 Å². The zero-order valence-electron chi connectivity index (χ0n) is 9.77. The van der Waals surface area contributed by atoms with Gasteiger partial charge >= 0.3 is 12.0 Å². The van der Waals surface area contributed by atoms with Crippen molar-refractivity contribution in [2.24, 2.45) is 0 Å². The zero-order valence-corrected chi connectivity index (χ0v) is 10.5. The summed E-state index contributed by atoms with van der Waals surface area (Å²) in [6.45, 7) is 0. The number of halogens is 1. The molecule has 0 spiro atoms. The summed E-state index contributed by atoms with van der Waals surface area (Å²) < 4.78 is 0. The molecule has 100 valence electrons. The molecule has 1 heterocycles. The molecule has 1 fully saturated rings. The highest BCUT2D eigenvalue weighted by Crippen LogP contribution is 2.30. The third-order valence-electron chi connectivity index (χ3n) is 2.99. The van der Waals surface area contributed by atoms with Crippen molar-refractivity contribution in [3.05, 3.63) is 34.9 Å². The van der Waals surface area contributed by atoms with Crippen LogP contribution in [0.2, 0.25) is 5.02 Å². The van der Waals surface area contributed by atoms with Crippen LogP contribution in [0.5, 0.6) is 0 Å². The number of carbonyl (C=O) groups excluding carboxylic acids is 2. The maximum atomic E-state index is 12.0. The number of hydrogen-bond acceptors (Lipinski definition) is 3. The first-order chi connectivity index (χ1) is 8.94. The second-order valence-corrected chi connectivity index (χ2v) is 4.65. The Kier molecular flexibility index (Phi) is 3.44. The molecule has 3 N–H and O–H groups in total. The average molecular weight is 283 g/mol. The third kappa shape index (κ3) is 2.53. The van der Waals surface area contributed by atoms with Gasteiger partial charge in [-0.25, -0.2) is 4.79 Å². The molecule has 0 radical (unpaired) electrons. The van der Waals surface area contributed by atoms with Gasteiger partial charge in [0.1, 0.15) is 5.54 Å². The summed E-state index contributed by atoms with van der Waals surface area (Å²) in [7, 11) is 0. The number of aliphatic carboxylic acids is 1. The molecule has 3 amide bonds. The predicted octanol–water partition coefficient (Wildman–Crippen LogP) is 1.24. The van der Waals surface area contributed by atoms with Crippen molar-refractivity contribution in [1.82, 2.24) is 10.6 Å². The Morgan fingerprint density at radius 3 is 2.37 bits per heavy atom. The first-order valence-corrected chi connectivity index (χ1v) is 5.93. The van der Waals surface area contributed by atoms with E-state index in [9.17, 15) is 14.4 Å². The first-order valence-electron chi connectivity index (χ1n) is 5.55. The summed E-state index contributed by atoms with van der Waals surface area (Å²) in [4.78, 5) is 34.0. The standard InChI is InChI=1S/C12H11ClN2O4/c13-8-3-1-7(2-4-8)12(6-5-9(16)17)10(18)14-11(19)15-12/h1-4H,5-6H2,(H,16,17)(H2,14,15,18,19)/t12-/m0/s1. The number of hydrogen-bond donors (Lipinski definition) is 3. The first kappa shape index (κ1) is 13.4. The number of carbonyl (C=O) groups is 3. The van der Waals surface area contributed by atoms with E-state index in [2.05, 4.69) is 10.6 Å². The Balaban J connectivity index is 2.39. The summed E-state index contributed by atoms with van der Waals surface area (Å²) in [6, 6.07) is 5.71. The largest absolute Gasteiger partial charge is 0.481 e. The molecular weight excluding hydrogens is 272 g/mol. The molecule has 1 aliphatic heterocycles. The Labute approximate surface area is 113 Å². The van der Waals surface area contributed by atoms with Crippen molar-refractivity contribution in [3.8, 4) is 0 Å². The van der Waals surface area contributed by atoms with Crippen molar-refractivity contribution in [2.45, 2.75) is 18.4 Å². The molecule has 1 saturated heterocycles. The van der Waals surface area contributed by atoms with Crippen LogP contribution in [0, 0.1) is 0 Å². The molecule has 0 bridgehead atoms. The normalized spacial score (nSPS) is 21.9. The van der Waals surface area contributed by atoms with E-state index in [0.29, 0.717) is 10.6 Å². The predicted molar refractivity (Wildman–Crippen MR) is 66.7 cm³/mol. The van der Waals surface area contributed by atoms with Crippen molar-refractivity contribution < 1.29 is 19.5 Å². The van der Waals surface area contributed by atoms with Crippen LogP contribution in [0.4, 0.5) is 4.79 Å². The third-order valence-corrected chi connectivity index (χ3v) is 3.24. The lowest BCUT2D eigenvalue weighted by Crippen LogP contribution is -2.44. The molecule has 1 aliphatic rings. The van der Waals surface area contributed by atoms with E-state index >= 15 is 0 Å². The lowest BCUT2D eigenvalue weighted by Gasteiger charge is -2.25. The van der Waals surface area contributed by atoms with Gasteiger partial charge in [-0.1, -0.05) is 23.7 Å². The molecule has 1 atom stereocenters. The minimum Gasteiger partial charge on any atom is -0.481 e. The lowest BCUT2D eigenvalue weighted by atomic mass is 9.85. The van der Waals surface area contributed by atoms with Crippen molar-refractivity contribution >= 4 is 29.5 Å². The average Bonchev–Trinajstić information content (AvgIpc) is 2.63. The second-order valence-electron chi connectivity index (χ2n) is 4.21. The van der Waals surface area contributed by atoms with Crippen LogP contribution in [0.15, 0.2) is 24.3 Å². The van der Waals surface area contributed by atoms with E-state index in [-0.39, 0.29) is 12.8 Å². The van der Waals surface area contributed by atoms with Gasteiger partial charge in [0.2, 0.25) is 0 Å². The Morgan fingerprint density at radius 2 is 1.89 bits per heavy atom. The molecule has 7 heteroatoms. The summed E-state index contributed by atoms with van der Waals surface area (Å²) in [6.07, 6.45) is -0.266. The molecule has 0 unspecified atom stereocenters. The van der Waals surface area contributed by atoms with E-state index in [1.807, 2.05) is 0 Å². The van der Waals surface area contributed by atoms with Crippen LogP contribution in [-0.4, -0.2) is 23.0 Å². The Morgan fingerprint density at radius 1 is 1.26 bits per heavy atom. The van der Waals surface area contributed by atoms with E-state index < -0.39 is 23.4 Å². The minimum absolute atomic E-state index is 0.0263. The molecule has 1 aromatic carbocycles. The molecule has 19 heavy (non-hydrogen) atoms. The van der Waals surface area contributed by atoms with Gasteiger partial charge in [-0.3, -0.25) is 14.9 Å². The van der Waals surface area contributed by atoms with Gasteiger partial charge in [0.25, 0.3) is 5.91 Å². The fourth-order valence-corrected chi connectivity index (χ4v) is 2.17. The fourth-order valence-electron chi connectivity index (χ4n) is 2.04. The van der Waals surface area contributed by atoms with E-state index in [4.69, 9.17) is 16.7 Å². The summed E-state index contributed by atoms with van der Waals surface area (Å²) in [5, 5.41) is 13.9. The minimum atomic E-state index is -1.35. The van der Waals surface area contributed by atoms with Crippen LogP contribution in [0.25, 0.3) is 0 Å². The fraction of sp³-hybridized carbons (Fsp3) is 0.250. The van der Waals surface area contributed by atoms with E-state index in [1.54, 1.807) is 24.3 Å². The Bertz CT molecular complexity index is 543. The van der Waals surface area contributed by atoms with Gasteiger partial charge in [-0.15, -0.1) is 0 Å². The number of carboxylic acid groups (broad SMARTS) is 1. The molecular formula is C12H11ClN2O4. The molecule has 0 saturated carbocycles. The maximum Gasteiger partial charge on any atom is 0.322 e. The lowest BCUT2D eigenvalue weighted by molar-refractivity contribution is -0.137. The highest BCUT2D eigenvalue weighted by molar-refractivity contribution is 6.30. The number of nitrogens with one attached hydrogen (secondary N) is 2. The molecule has 1 aromatic rings. The molecule has 0 aromatic heterocycles. The number of benzene rings is 1. The van der Waals surface area contributed by atoms with Gasteiger partial charge in [0, 0.05) is 11.4 Å². The van der Waals surface area contributed by atoms with Crippen LogP contribution < -0.4 is 10.6 Å². The van der Waals surface area contributed by atoms with Crippen molar-refractivity contribution in [2.75, 3.05) is 0 Å². The SMILES string of the molecule is O=C(O)CC[C@@]1(c2ccc(Cl)cc2)NC(=O)NC1=O. The number of imide groups is 1. The summed E-state index contributed by atoms with van der Waals surface area (Å²) >= 11 is 5.77. The smallest absolute Gasteiger partial charge is 0.322 e. The topological polar surface area (TPSA) is 95.5 Å². The van der Waals surface area contributed by atoms with Gasteiger partial charge in [-0.2, -0.15) is 0 Å². The summed E-state index contributed by atoms with van der Waals surface area (Å²) in [5.74, 6) is -1.59. The van der Waals surface area contributed by atoms with Gasteiger partial charge in [0.05, 0.1) is 0 Å². The van der Waals surface area contributed by atoms with Gasteiger partial charge in [0.15, 0.2) is 0 Å². The van der Waals surface area contributed by atoms with Crippen LogP contribution in [0.3, 0.4) is 0 Å². The number of rotatable bonds is 4. The van der Waals surface area contributed by atoms with Crippen LogP contribution in [-0.2, 0) is 15.1 Å². The van der Waals surface area contributed by atoms with Crippen LogP contribution >= 0.6 is 11.6 Å². The number of amides is 3. The van der Waals surface area contributed by atoms with E-state index in [0.717, 1.165) is 0 Å². The maximum absolute atomic E-state index is 12.0. The second kappa shape index (κ2) is 4.89. The summed E-state index contributed by atoms with van der Waals surface area (Å²) in [5.41, 5.74) is -0.846. The monoisotopic (exact) mass is 282 g/mol. The molecule has 2 rings (SSSR count). The number of urea groups is 1. The van der Waals surface area contributed by atoms with E-state index in [1.165, 1.54) is 0 Å². The zero-order chi connectivity index (χ0) is 14.0. The molecule has 0 aliphatic carbocycles. The van der Waals surface area contributed by atoms with Crippen molar-refractivity contribution in [3.63, 3.8) is 0 Å². The number of carboxylic acids is 1. The van der Waals surface area contributed by atoms with Gasteiger partial charge in [-0.05, 0) is 24.1 Å². The van der Waals surface area contributed by atoms with Crippen molar-refractivity contribution in [1.29, 1.82) is 0 Å². The Hall–Kier alpha value is -2.08.